The lowest BCUT2D eigenvalue weighted by atomic mass is 9.66. The van der Waals surface area contributed by atoms with Crippen LogP contribution in [0, 0.1) is 0 Å². The minimum Gasteiger partial charge on any atom is -0.492 e. The zero-order valence-electron chi connectivity index (χ0n) is 17.9. The molecule has 5 heteroatoms. The first kappa shape index (κ1) is 21.5. The fraction of sp³-hybridized carbons (Fsp3) is 0.500. The van der Waals surface area contributed by atoms with Crippen LogP contribution < -0.4 is 14.2 Å². The number of benzene rings is 2. The smallest absolute Gasteiger partial charge is 0.188 e. The molecular weight excluding hydrogens is 368 g/mol. The third-order valence-corrected chi connectivity index (χ3v) is 5.70. The highest BCUT2D eigenvalue weighted by molar-refractivity contribution is 5.48. The first-order valence-electron chi connectivity index (χ1n) is 10.2. The summed E-state index contributed by atoms with van der Waals surface area (Å²) in [7, 11) is 3.24. The van der Waals surface area contributed by atoms with Gasteiger partial charge in [-0.2, -0.15) is 0 Å². The zero-order chi connectivity index (χ0) is 20.7. The van der Waals surface area contributed by atoms with Crippen LogP contribution >= 0.6 is 0 Å². The van der Waals surface area contributed by atoms with E-state index in [4.69, 9.17) is 23.7 Å². The molecule has 1 heterocycles. The number of hydrogen-bond acceptors (Lipinski definition) is 5. The average molecular weight is 401 g/mol. The molecule has 0 aromatic heterocycles. The molecule has 0 saturated carbocycles. The van der Waals surface area contributed by atoms with E-state index >= 15 is 0 Å². The van der Waals surface area contributed by atoms with Gasteiger partial charge in [-0.3, -0.25) is 0 Å². The maximum Gasteiger partial charge on any atom is 0.188 e. The van der Waals surface area contributed by atoms with E-state index in [1.807, 2.05) is 24.3 Å². The summed E-state index contributed by atoms with van der Waals surface area (Å²) in [5.41, 5.74) is 2.39. The summed E-state index contributed by atoms with van der Waals surface area (Å²) in [6, 6.07) is 14.4. The van der Waals surface area contributed by atoms with Gasteiger partial charge in [0, 0.05) is 31.6 Å². The molecule has 2 aromatic rings. The van der Waals surface area contributed by atoms with Crippen molar-refractivity contribution in [3.8, 4) is 17.2 Å². The molecule has 0 N–H and O–H groups in total. The Balaban J connectivity index is 1.89. The van der Waals surface area contributed by atoms with Crippen molar-refractivity contribution in [3.63, 3.8) is 0 Å². The normalized spacial score (nSPS) is 20.6. The third kappa shape index (κ3) is 4.85. The van der Waals surface area contributed by atoms with Crippen LogP contribution in [0.5, 0.6) is 17.2 Å². The van der Waals surface area contributed by atoms with Crippen LogP contribution in [0.25, 0.3) is 0 Å². The van der Waals surface area contributed by atoms with Gasteiger partial charge < -0.3 is 23.7 Å². The van der Waals surface area contributed by atoms with Crippen molar-refractivity contribution < 1.29 is 23.7 Å². The summed E-state index contributed by atoms with van der Waals surface area (Å²) < 4.78 is 27.4. The average Bonchev–Trinajstić information content (AvgIpc) is 2.76. The van der Waals surface area contributed by atoms with E-state index in [0.717, 1.165) is 23.7 Å². The number of fused-ring (bicyclic) bond motifs is 1. The molecule has 0 bridgehead atoms. The Morgan fingerprint density at radius 2 is 1.62 bits per heavy atom. The molecule has 1 aliphatic heterocycles. The van der Waals surface area contributed by atoms with Gasteiger partial charge in [-0.05, 0) is 35.7 Å². The summed E-state index contributed by atoms with van der Waals surface area (Å²) in [6.45, 7) is 5.64. The second-order valence-corrected chi connectivity index (χ2v) is 7.73. The largest absolute Gasteiger partial charge is 0.492 e. The van der Waals surface area contributed by atoms with Crippen LogP contribution in [0.15, 0.2) is 42.5 Å². The Morgan fingerprint density at radius 1 is 0.966 bits per heavy atom. The molecule has 0 fully saturated rings. The maximum absolute atomic E-state index is 6.25. The zero-order valence-corrected chi connectivity index (χ0v) is 17.9. The SMILES string of the molecule is CCCCC1c2ccc(OCOC)cc2OCC1(C)c1ccc(OCOC)cc1. The highest BCUT2D eigenvalue weighted by Gasteiger charge is 2.42. The van der Waals surface area contributed by atoms with Gasteiger partial charge in [-0.25, -0.2) is 0 Å². The molecule has 5 nitrogen and oxygen atoms in total. The minimum atomic E-state index is -0.114. The molecule has 0 saturated heterocycles. The van der Waals surface area contributed by atoms with Crippen molar-refractivity contribution >= 4 is 0 Å². The van der Waals surface area contributed by atoms with Crippen LogP contribution in [-0.4, -0.2) is 34.4 Å². The van der Waals surface area contributed by atoms with Crippen molar-refractivity contribution in [2.45, 2.75) is 44.4 Å². The molecule has 2 aromatic carbocycles. The fourth-order valence-corrected chi connectivity index (χ4v) is 4.04. The Kier molecular flexibility index (Phi) is 7.40. The predicted octanol–water partition coefficient (Wildman–Crippen LogP) is 5.28. The molecule has 2 unspecified atom stereocenters. The molecule has 0 aliphatic carbocycles. The number of hydrogen-bond donors (Lipinski definition) is 0. The Hall–Kier alpha value is -2.24. The Bertz CT molecular complexity index is 773. The fourth-order valence-electron chi connectivity index (χ4n) is 4.04. The van der Waals surface area contributed by atoms with Crippen LogP contribution in [-0.2, 0) is 14.9 Å². The summed E-state index contributed by atoms with van der Waals surface area (Å²) in [6.07, 6.45) is 3.46. The van der Waals surface area contributed by atoms with E-state index in [2.05, 4.69) is 32.0 Å². The lowest BCUT2D eigenvalue weighted by Gasteiger charge is -2.43. The van der Waals surface area contributed by atoms with Gasteiger partial charge in [0.15, 0.2) is 13.6 Å². The molecule has 0 spiro atoms. The van der Waals surface area contributed by atoms with E-state index < -0.39 is 0 Å². The number of rotatable bonds is 10. The van der Waals surface area contributed by atoms with Gasteiger partial charge in [-0.15, -0.1) is 0 Å². The number of ether oxygens (including phenoxy) is 5. The van der Waals surface area contributed by atoms with Crippen molar-refractivity contribution in [1.29, 1.82) is 0 Å². The van der Waals surface area contributed by atoms with Crippen molar-refractivity contribution in [2.75, 3.05) is 34.4 Å². The molecule has 0 amide bonds. The first-order chi connectivity index (χ1) is 14.1. The monoisotopic (exact) mass is 400 g/mol. The van der Waals surface area contributed by atoms with E-state index in [0.29, 0.717) is 12.5 Å². The lowest BCUT2D eigenvalue weighted by molar-refractivity contribution is 0.0505. The van der Waals surface area contributed by atoms with E-state index in [9.17, 15) is 0 Å². The predicted molar refractivity (Wildman–Crippen MR) is 113 cm³/mol. The van der Waals surface area contributed by atoms with Gasteiger partial charge in [0.25, 0.3) is 0 Å². The molecule has 29 heavy (non-hydrogen) atoms. The van der Waals surface area contributed by atoms with Gasteiger partial charge in [-0.1, -0.05) is 44.9 Å². The summed E-state index contributed by atoms with van der Waals surface area (Å²) >= 11 is 0. The molecular formula is C24H32O5. The van der Waals surface area contributed by atoms with Crippen molar-refractivity contribution in [2.24, 2.45) is 0 Å². The summed E-state index contributed by atoms with van der Waals surface area (Å²) in [4.78, 5) is 0. The van der Waals surface area contributed by atoms with Gasteiger partial charge >= 0.3 is 0 Å². The van der Waals surface area contributed by atoms with Crippen LogP contribution in [0.4, 0.5) is 0 Å². The van der Waals surface area contributed by atoms with E-state index in [1.165, 1.54) is 24.0 Å². The van der Waals surface area contributed by atoms with Gasteiger partial charge in [0.05, 0.1) is 6.61 Å². The van der Waals surface area contributed by atoms with E-state index in [-0.39, 0.29) is 19.0 Å². The van der Waals surface area contributed by atoms with Crippen LogP contribution in [0.1, 0.15) is 50.2 Å². The number of methoxy groups -OCH3 is 2. The highest BCUT2D eigenvalue weighted by atomic mass is 16.7. The molecule has 158 valence electrons. The van der Waals surface area contributed by atoms with Gasteiger partial charge in [0.1, 0.15) is 17.2 Å². The van der Waals surface area contributed by atoms with Crippen LogP contribution in [0.2, 0.25) is 0 Å². The molecule has 1 aliphatic rings. The molecule has 3 rings (SSSR count). The standard InChI is InChI=1S/C24H32O5/c1-5-6-7-22-21-13-12-20(29-17-26-4)14-23(21)27-15-24(22,2)18-8-10-19(11-9-18)28-16-25-3/h8-14,22H,5-7,15-17H2,1-4H3. The highest BCUT2D eigenvalue weighted by Crippen LogP contribution is 2.49. The second-order valence-electron chi connectivity index (χ2n) is 7.73. The molecule has 0 radical (unpaired) electrons. The van der Waals surface area contributed by atoms with Crippen molar-refractivity contribution in [3.05, 3.63) is 53.6 Å². The quantitative estimate of drug-likeness (QED) is 0.508. The van der Waals surface area contributed by atoms with Gasteiger partial charge in [0.2, 0.25) is 0 Å². The lowest BCUT2D eigenvalue weighted by Crippen LogP contribution is -2.40. The Labute approximate surface area is 173 Å². The number of unbranched alkanes of at least 4 members (excludes halogenated alkanes) is 1. The van der Waals surface area contributed by atoms with Crippen molar-refractivity contribution in [1.82, 2.24) is 0 Å². The Morgan fingerprint density at radius 3 is 2.28 bits per heavy atom. The third-order valence-electron chi connectivity index (χ3n) is 5.70. The first-order valence-corrected chi connectivity index (χ1v) is 10.2. The summed E-state index contributed by atoms with van der Waals surface area (Å²) in [5.74, 6) is 2.86. The topological polar surface area (TPSA) is 46.2 Å². The second kappa shape index (κ2) is 9.99. The van der Waals surface area contributed by atoms with E-state index in [1.54, 1.807) is 14.2 Å². The molecule has 2 atom stereocenters. The maximum atomic E-state index is 6.25. The minimum absolute atomic E-state index is 0.114. The van der Waals surface area contributed by atoms with Crippen LogP contribution in [0.3, 0.4) is 0 Å². The summed E-state index contributed by atoms with van der Waals surface area (Å²) in [5, 5.41) is 0.